The number of carbonyl (C=O) groups is 1. The zero-order valence-electron chi connectivity index (χ0n) is 15.5. The topological polar surface area (TPSA) is 66.9 Å². The number of carbonyl (C=O) groups excluding carboxylic acids is 1. The van der Waals surface area contributed by atoms with Gasteiger partial charge in [0, 0.05) is 26.7 Å². The van der Waals surface area contributed by atoms with Crippen LogP contribution in [-0.4, -0.2) is 56.9 Å². The Morgan fingerprint density at radius 1 is 1.17 bits per heavy atom. The normalized spacial score (nSPS) is 16.0. The Balaban J connectivity index is 1.76. The first-order valence-electron chi connectivity index (χ1n) is 8.67. The summed E-state index contributed by atoms with van der Waals surface area (Å²) in [5, 5.41) is 1.53. The molecule has 158 valence electrons. The molecular formula is C18H19F3N2O4S2. The number of rotatable bonds is 5. The molecule has 1 saturated heterocycles. The summed E-state index contributed by atoms with van der Waals surface area (Å²) < 4.78 is 70.3. The van der Waals surface area contributed by atoms with Crippen LogP contribution in [0.1, 0.15) is 20.8 Å². The van der Waals surface area contributed by atoms with Gasteiger partial charge in [-0.2, -0.15) is 17.5 Å². The summed E-state index contributed by atoms with van der Waals surface area (Å²) in [4.78, 5) is 14.1. The van der Waals surface area contributed by atoms with Crippen LogP contribution in [0, 0.1) is 0 Å². The number of alkyl halides is 3. The molecule has 1 fully saturated rings. The minimum atomic E-state index is -4.43. The first kappa shape index (κ1) is 21.8. The fourth-order valence-corrected chi connectivity index (χ4v) is 5.70. The molecule has 3 rings (SSSR count). The maximum atomic E-state index is 12.9. The van der Waals surface area contributed by atoms with E-state index < -0.39 is 27.7 Å². The predicted octanol–water partition coefficient (Wildman–Crippen LogP) is 3.06. The third-order valence-corrected chi connectivity index (χ3v) is 7.43. The summed E-state index contributed by atoms with van der Waals surface area (Å²) in [6.07, 6.45) is -4.43. The van der Waals surface area contributed by atoms with Crippen LogP contribution >= 0.6 is 11.3 Å². The maximum absolute atomic E-state index is 12.9. The standard InChI is InChI=1S/C18H19F3N2O4S2/c1-22(12-13-2-4-14(5-3-13)18(19,20)21)17(24)16-15(6-11-28-16)29(25,26)23-7-9-27-10-8-23/h2-6,11H,7-10,12H2,1H3. The molecule has 0 atom stereocenters. The van der Waals surface area contributed by atoms with Crippen LogP contribution in [-0.2, 0) is 27.5 Å². The number of hydrogen-bond donors (Lipinski definition) is 0. The van der Waals surface area contributed by atoms with Gasteiger partial charge < -0.3 is 9.64 Å². The Hall–Kier alpha value is -1.95. The lowest BCUT2D eigenvalue weighted by atomic mass is 10.1. The van der Waals surface area contributed by atoms with Crippen molar-refractivity contribution < 1.29 is 31.1 Å². The van der Waals surface area contributed by atoms with Gasteiger partial charge in [-0.25, -0.2) is 8.42 Å². The van der Waals surface area contributed by atoms with E-state index in [9.17, 15) is 26.4 Å². The molecule has 0 unspecified atom stereocenters. The lowest BCUT2D eigenvalue weighted by Crippen LogP contribution is -2.41. The quantitative estimate of drug-likeness (QED) is 0.705. The van der Waals surface area contributed by atoms with Crippen LogP contribution in [0.2, 0.25) is 0 Å². The van der Waals surface area contributed by atoms with Crippen LogP contribution in [0.4, 0.5) is 13.2 Å². The van der Waals surface area contributed by atoms with Crippen molar-refractivity contribution in [1.29, 1.82) is 0 Å². The van der Waals surface area contributed by atoms with Gasteiger partial charge in [0.15, 0.2) is 0 Å². The van der Waals surface area contributed by atoms with Gasteiger partial charge in [0.05, 0.1) is 18.8 Å². The summed E-state index contributed by atoms with van der Waals surface area (Å²) >= 11 is 1.02. The summed E-state index contributed by atoms with van der Waals surface area (Å²) in [5.74, 6) is -0.508. The van der Waals surface area contributed by atoms with E-state index >= 15 is 0 Å². The van der Waals surface area contributed by atoms with Crippen molar-refractivity contribution in [2.24, 2.45) is 0 Å². The summed E-state index contributed by atoms with van der Waals surface area (Å²) in [5.41, 5.74) is -0.268. The minimum absolute atomic E-state index is 0.0475. The molecule has 1 aromatic carbocycles. The third kappa shape index (κ3) is 4.80. The van der Waals surface area contributed by atoms with Crippen LogP contribution < -0.4 is 0 Å². The van der Waals surface area contributed by atoms with Crippen molar-refractivity contribution in [2.45, 2.75) is 17.6 Å². The number of morpholine rings is 1. The van der Waals surface area contributed by atoms with Crippen LogP contribution in [0.15, 0.2) is 40.6 Å². The number of nitrogens with zero attached hydrogens (tertiary/aromatic N) is 2. The predicted molar refractivity (Wildman–Crippen MR) is 101 cm³/mol. The van der Waals surface area contributed by atoms with E-state index in [1.165, 1.54) is 39.8 Å². The van der Waals surface area contributed by atoms with E-state index in [1.54, 1.807) is 0 Å². The number of hydrogen-bond acceptors (Lipinski definition) is 5. The highest BCUT2D eigenvalue weighted by Gasteiger charge is 2.32. The SMILES string of the molecule is CN(Cc1ccc(C(F)(F)F)cc1)C(=O)c1sccc1S(=O)(=O)N1CCOCC1. The van der Waals surface area contributed by atoms with Crippen molar-refractivity contribution in [3.8, 4) is 0 Å². The van der Waals surface area contributed by atoms with Gasteiger partial charge in [-0.1, -0.05) is 12.1 Å². The molecule has 0 N–H and O–H groups in total. The molecule has 2 aromatic rings. The summed E-state index contributed by atoms with van der Waals surface area (Å²) in [7, 11) is -2.35. The lowest BCUT2D eigenvalue weighted by Gasteiger charge is -2.26. The first-order chi connectivity index (χ1) is 13.6. The van der Waals surface area contributed by atoms with Gasteiger partial charge in [0.1, 0.15) is 9.77 Å². The number of thiophene rings is 1. The van der Waals surface area contributed by atoms with Gasteiger partial charge in [-0.3, -0.25) is 4.79 Å². The summed E-state index contributed by atoms with van der Waals surface area (Å²) in [6, 6.07) is 5.90. The van der Waals surface area contributed by atoms with Gasteiger partial charge in [0.2, 0.25) is 10.0 Å². The second kappa shape index (κ2) is 8.42. The largest absolute Gasteiger partial charge is 0.416 e. The van der Waals surface area contributed by atoms with E-state index in [-0.39, 0.29) is 29.4 Å². The molecule has 0 saturated carbocycles. The Labute approximate surface area is 170 Å². The van der Waals surface area contributed by atoms with Crippen LogP contribution in [0.3, 0.4) is 0 Å². The smallest absolute Gasteiger partial charge is 0.379 e. The van der Waals surface area contributed by atoms with E-state index in [0.29, 0.717) is 18.8 Å². The zero-order valence-corrected chi connectivity index (χ0v) is 17.1. The number of halogens is 3. The molecule has 6 nitrogen and oxygen atoms in total. The average molecular weight is 448 g/mol. The molecule has 0 radical (unpaired) electrons. The maximum Gasteiger partial charge on any atom is 0.416 e. The minimum Gasteiger partial charge on any atom is -0.379 e. The summed E-state index contributed by atoms with van der Waals surface area (Å²) in [6.45, 7) is 1.06. The van der Waals surface area contributed by atoms with Crippen molar-refractivity contribution in [3.63, 3.8) is 0 Å². The molecule has 0 spiro atoms. The molecule has 1 aliphatic rings. The van der Waals surface area contributed by atoms with Crippen molar-refractivity contribution >= 4 is 27.3 Å². The van der Waals surface area contributed by atoms with Gasteiger partial charge in [-0.15, -0.1) is 11.3 Å². The molecule has 0 bridgehead atoms. The van der Waals surface area contributed by atoms with E-state index in [1.807, 2.05) is 0 Å². The molecule has 2 heterocycles. The van der Waals surface area contributed by atoms with Gasteiger partial charge >= 0.3 is 6.18 Å². The second-order valence-electron chi connectivity index (χ2n) is 6.49. The average Bonchev–Trinajstić information content (AvgIpc) is 3.18. The fourth-order valence-electron chi connectivity index (χ4n) is 2.90. The van der Waals surface area contributed by atoms with E-state index in [4.69, 9.17) is 4.74 Å². The number of amides is 1. The number of ether oxygens (including phenoxy) is 1. The van der Waals surface area contributed by atoms with Crippen LogP contribution in [0.25, 0.3) is 0 Å². The van der Waals surface area contributed by atoms with Gasteiger partial charge in [0.25, 0.3) is 5.91 Å². The first-order valence-corrected chi connectivity index (χ1v) is 11.0. The van der Waals surface area contributed by atoms with Crippen molar-refractivity contribution in [2.75, 3.05) is 33.4 Å². The van der Waals surface area contributed by atoms with Crippen molar-refractivity contribution in [1.82, 2.24) is 9.21 Å². The zero-order chi connectivity index (χ0) is 21.2. The Bertz CT molecular complexity index is 966. The fraction of sp³-hybridized carbons (Fsp3) is 0.389. The monoisotopic (exact) mass is 448 g/mol. The highest BCUT2D eigenvalue weighted by atomic mass is 32.2. The van der Waals surface area contributed by atoms with E-state index in [0.717, 1.165) is 23.5 Å². The highest BCUT2D eigenvalue weighted by Crippen LogP contribution is 2.30. The molecule has 1 aromatic heterocycles. The molecule has 1 amide bonds. The van der Waals surface area contributed by atoms with Crippen LogP contribution in [0.5, 0.6) is 0 Å². The van der Waals surface area contributed by atoms with E-state index in [2.05, 4.69) is 0 Å². The van der Waals surface area contributed by atoms with Crippen molar-refractivity contribution in [3.05, 3.63) is 51.7 Å². The lowest BCUT2D eigenvalue weighted by molar-refractivity contribution is -0.137. The molecule has 11 heteroatoms. The molecule has 1 aliphatic heterocycles. The second-order valence-corrected chi connectivity index (χ2v) is 9.31. The molecule has 29 heavy (non-hydrogen) atoms. The highest BCUT2D eigenvalue weighted by molar-refractivity contribution is 7.89. The number of sulfonamides is 1. The molecular weight excluding hydrogens is 429 g/mol. The third-order valence-electron chi connectivity index (χ3n) is 4.46. The Morgan fingerprint density at radius 2 is 1.79 bits per heavy atom. The molecule has 0 aliphatic carbocycles. The van der Waals surface area contributed by atoms with Gasteiger partial charge in [-0.05, 0) is 29.1 Å². The Kier molecular flexibility index (Phi) is 6.32. The Morgan fingerprint density at radius 3 is 2.38 bits per heavy atom. The number of benzene rings is 1.